The summed E-state index contributed by atoms with van der Waals surface area (Å²) < 4.78 is 10.9. The number of carbonyl (C=O) groups is 1. The molecule has 6 nitrogen and oxygen atoms in total. The van der Waals surface area contributed by atoms with E-state index in [2.05, 4.69) is 15.0 Å². The normalized spacial score (nSPS) is 23.2. The third kappa shape index (κ3) is 5.09. The first-order valence-electron chi connectivity index (χ1n) is 11.0. The standard InChI is InChI=1S/C21H33N3O3/c25-20(15-17-3-1-2-4-17)24-11-7-16(8-12-24)5-6-19-22-21(27-23-19)18-9-13-26-14-10-18/h16-18H,1-15H2. The predicted molar refractivity (Wildman–Crippen MR) is 101 cm³/mol. The van der Waals surface area contributed by atoms with Crippen LogP contribution in [-0.4, -0.2) is 47.3 Å². The summed E-state index contributed by atoms with van der Waals surface area (Å²) in [4.78, 5) is 19.2. The molecule has 150 valence electrons. The molecule has 0 N–H and O–H groups in total. The topological polar surface area (TPSA) is 68.5 Å². The zero-order valence-electron chi connectivity index (χ0n) is 16.4. The molecule has 3 heterocycles. The Morgan fingerprint density at radius 3 is 2.48 bits per heavy atom. The summed E-state index contributed by atoms with van der Waals surface area (Å²) in [6.07, 6.45) is 12.1. The van der Waals surface area contributed by atoms with Crippen LogP contribution in [0.5, 0.6) is 0 Å². The molecular weight excluding hydrogens is 342 g/mol. The molecule has 0 atom stereocenters. The Morgan fingerprint density at radius 2 is 1.74 bits per heavy atom. The number of nitrogens with zero attached hydrogens (tertiary/aromatic N) is 3. The number of aryl methyl sites for hydroxylation is 1. The molecule has 1 amide bonds. The maximum Gasteiger partial charge on any atom is 0.229 e. The molecule has 0 spiro atoms. The molecule has 0 radical (unpaired) electrons. The lowest BCUT2D eigenvalue weighted by molar-refractivity contribution is -0.133. The van der Waals surface area contributed by atoms with Gasteiger partial charge in [-0.25, -0.2) is 0 Å². The van der Waals surface area contributed by atoms with Crippen LogP contribution in [0.3, 0.4) is 0 Å². The molecule has 1 saturated carbocycles. The highest BCUT2D eigenvalue weighted by molar-refractivity contribution is 5.76. The summed E-state index contributed by atoms with van der Waals surface area (Å²) in [6, 6.07) is 0. The summed E-state index contributed by atoms with van der Waals surface area (Å²) in [5.41, 5.74) is 0. The second-order valence-corrected chi connectivity index (χ2v) is 8.65. The van der Waals surface area contributed by atoms with Crippen LogP contribution in [0.15, 0.2) is 4.52 Å². The van der Waals surface area contributed by atoms with Crippen LogP contribution in [0.25, 0.3) is 0 Å². The van der Waals surface area contributed by atoms with E-state index in [4.69, 9.17) is 9.26 Å². The van der Waals surface area contributed by atoms with E-state index in [-0.39, 0.29) is 0 Å². The first-order valence-corrected chi connectivity index (χ1v) is 11.0. The smallest absolute Gasteiger partial charge is 0.229 e. The molecular formula is C21H33N3O3. The quantitative estimate of drug-likeness (QED) is 0.758. The molecule has 2 aliphatic heterocycles. The van der Waals surface area contributed by atoms with Crippen molar-refractivity contribution in [2.75, 3.05) is 26.3 Å². The molecule has 4 rings (SSSR count). The van der Waals surface area contributed by atoms with Gasteiger partial charge in [-0.2, -0.15) is 4.98 Å². The largest absolute Gasteiger partial charge is 0.381 e. The summed E-state index contributed by atoms with van der Waals surface area (Å²) in [5.74, 6) is 3.72. The number of carbonyl (C=O) groups excluding carboxylic acids is 1. The molecule has 3 aliphatic rings. The van der Waals surface area contributed by atoms with Crippen molar-refractivity contribution in [3.63, 3.8) is 0 Å². The Morgan fingerprint density at radius 1 is 1.00 bits per heavy atom. The van der Waals surface area contributed by atoms with Crippen molar-refractivity contribution in [2.24, 2.45) is 11.8 Å². The van der Waals surface area contributed by atoms with Gasteiger partial charge in [0.2, 0.25) is 11.8 Å². The van der Waals surface area contributed by atoms with Crippen LogP contribution in [0, 0.1) is 11.8 Å². The fourth-order valence-corrected chi connectivity index (χ4v) is 4.87. The molecule has 1 aromatic heterocycles. The minimum absolute atomic E-state index is 0.370. The number of likely N-dealkylation sites (tertiary alicyclic amines) is 1. The number of amides is 1. The van der Waals surface area contributed by atoms with Gasteiger partial charge in [0.1, 0.15) is 0 Å². The van der Waals surface area contributed by atoms with Crippen molar-refractivity contribution in [2.45, 2.75) is 76.5 Å². The Balaban J connectivity index is 1.17. The van der Waals surface area contributed by atoms with Crippen LogP contribution in [-0.2, 0) is 16.0 Å². The molecule has 0 bridgehead atoms. The van der Waals surface area contributed by atoms with Crippen molar-refractivity contribution in [3.05, 3.63) is 11.7 Å². The van der Waals surface area contributed by atoms with Crippen molar-refractivity contribution in [1.29, 1.82) is 0 Å². The number of rotatable bonds is 6. The Bertz CT molecular complexity index is 598. The van der Waals surface area contributed by atoms with Gasteiger partial charge < -0.3 is 14.2 Å². The van der Waals surface area contributed by atoms with E-state index in [1.54, 1.807) is 0 Å². The number of hydrogen-bond donors (Lipinski definition) is 0. The summed E-state index contributed by atoms with van der Waals surface area (Å²) in [5, 5.41) is 4.18. The second-order valence-electron chi connectivity index (χ2n) is 8.65. The third-order valence-electron chi connectivity index (χ3n) is 6.74. The Kier molecular flexibility index (Phi) is 6.43. The number of piperidine rings is 1. The van der Waals surface area contributed by atoms with Crippen LogP contribution < -0.4 is 0 Å². The van der Waals surface area contributed by atoms with E-state index >= 15 is 0 Å². The fraction of sp³-hybridized carbons (Fsp3) is 0.857. The van der Waals surface area contributed by atoms with E-state index in [0.29, 0.717) is 23.7 Å². The minimum Gasteiger partial charge on any atom is -0.381 e. The first kappa shape index (κ1) is 18.9. The van der Waals surface area contributed by atoms with Gasteiger partial charge in [-0.15, -0.1) is 0 Å². The molecule has 1 aliphatic carbocycles. The maximum atomic E-state index is 12.5. The molecule has 0 aromatic carbocycles. The summed E-state index contributed by atoms with van der Waals surface area (Å²) in [7, 11) is 0. The van der Waals surface area contributed by atoms with Crippen molar-refractivity contribution < 1.29 is 14.1 Å². The average Bonchev–Trinajstić information content (AvgIpc) is 3.39. The summed E-state index contributed by atoms with van der Waals surface area (Å²) in [6.45, 7) is 3.44. The molecule has 6 heteroatoms. The van der Waals surface area contributed by atoms with Gasteiger partial charge in [0.25, 0.3) is 0 Å². The lowest BCUT2D eigenvalue weighted by Gasteiger charge is -2.32. The van der Waals surface area contributed by atoms with Crippen molar-refractivity contribution >= 4 is 5.91 Å². The summed E-state index contributed by atoms with van der Waals surface area (Å²) >= 11 is 0. The number of aromatic nitrogens is 2. The van der Waals surface area contributed by atoms with Gasteiger partial charge in [-0.3, -0.25) is 4.79 Å². The van der Waals surface area contributed by atoms with Crippen LogP contribution >= 0.6 is 0 Å². The first-order chi connectivity index (χ1) is 13.3. The highest BCUT2D eigenvalue weighted by atomic mass is 16.5. The van der Waals surface area contributed by atoms with Gasteiger partial charge in [-0.1, -0.05) is 18.0 Å². The minimum atomic E-state index is 0.370. The van der Waals surface area contributed by atoms with Gasteiger partial charge in [0, 0.05) is 45.1 Å². The van der Waals surface area contributed by atoms with E-state index in [1.807, 2.05) is 0 Å². The fourth-order valence-electron chi connectivity index (χ4n) is 4.87. The van der Waals surface area contributed by atoms with E-state index in [9.17, 15) is 4.79 Å². The molecule has 2 saturated heterocycles. The zero-order valence-corrected chi connectivity index (χ0v) is 16.4. The molecule has 27 heavy (non-hydrogen) atoms. The van der Waals surface area contributed by atoms with Crippen molar-refractivity contribution in [1.82, 2.24) is 15.0 Å². The number of ether oxygens (including phenoxy) is 1. The lowest BCUT2D eigenvalue weighted by Crippen LogP contribution is -2.39. The van der Waals surface area contributed by atoms with E-state index < -0.39 is 0 Å². The van der Waals surface area contributed by atoms with Gasteiger partial charge >= 0.3 is 0 Å². The van der Waals surface area contributed by atoms with Crippen LogP contribution in [0.4, 0.5) is 0 Å². The molecule has 0 unspecified atom stereocenters. The number of hydrogen-bond acceptors (Lipinski definition) is 5. The molecule has 1 aromatic rings. The van der Waals surface area contributed by atoms with Crippen LogP contribution in [0.2, 0.25) is 0 Å². The second kappa shape index (κ2) is 9.18. The van der Waals surface area contributed by atoms with Gasteiger partial charge in [0.05, 0.1) is 0 Å². The van der Waals surface area contributed by atoms with Crippen molar-refractivity contribution in [3.8, 4) is 0 Å². The SMILES string of the molecule is O=C(CC1CCCC1)N1CCC(CCc2noc(C3CCOCC3)n2)CC1. The monoisotopic (exact) mass is 375 g/mol. The maximum absolute atomic E-state index is 12.5. The highest BCUT2D eigenvalue weighted by Gasteiger charge is 2.27. The van der Waals surface area contributed by atoms with Crippen LogP contribution in [0.1, 0.15) is 81.8 Å². The third-order valence-corrected chi connectivity index (χ3v) is 6.74. The highest BCUT2D eigenvalue weighted by Crippen LogP contribution is 2.30. The van der Waals surface area contributed by atoms with Gasteiger partial charge in [-0.05, 0) is 56.8 Å². The lowest BCUT2D eigenvalue weighted by atomic mass is 9.91. The van der Waals surface area contributed by atoms with E-state index in [1.165, 1.54) is 25.7 Å². The molecule has 3 fully saturated rings. The average molecular weight is 376 g/mol. The van der Waals surface area contributed by atoms with Gasteiger partial charge in [0.15, 0.2) is 5.82 Å². The Hall–Kier alpha value is -1.43. The van der Waals surface area contributed by atoms with E-state index in [0.717, 1.165) is 83.0 Å². The zero-order chi connectivity index (χ0) is 18.5. The predicted octanol–water partition coefficient (Wildman–Crippen LogP) is 3.72. The Labute approximate surface area is 162 Å².